The first-order chi connectivity index (χ1) is 8.72. The molecule has 0 spiro atoms. The maximum Gasteiger partial charge on any atom is 0.263 e. The van der Waals surface area contributed by atoms with Crippen LogP contribution in [-0.4, -0.2) is 16.1 Å². The van der Waals surface area contributed by atoms with E-state index in [0.717, 1.165) is 23.1 Å². The number of nitrogens with zero attached hydrogens (tertiary/aromatic N) is 1. The molecule has 2 aromatic heterocycles. The Morgan fingerprint density at radius 2 is 2.17 bits per heavy atom. The van der Waals surface area contributed by atoms with E-state index in [0.29, 0.717) is 17.9 Å². The van der Waals surface area contributed by atoms with Gasteiger partial charge in [-0.1, -0.05) is 0 Å². The van der Waals surface area contributed by atoms with Crippen LogP contribution in [0.1, 0.15) is 23.3 Å². The zero-order valence-corrected chi connectivity index (χ0v) is 11.6. The summed E-state index contributed by atoms with van der Waals surface area (Å²) >= 11 is 6.92. The van der Waals surface area contributed by atoms with Gasteiger partial charge in [0.05, 0.1) is 5.39 Å². The number of aromatic amines is 1. The van der Waals surface area contributed by atoms with Gasteiger partial charge in [0.2, 0.25) is 0 Å². The van der Waals surface area contributed by atoms with Crippen molar-refractivity contribution in [3.63, 3.8) is 0 Å². The monoisotopic (exact) mass is 281 g/mol. The second-order valence-electron chi connectivity index (χ2n) is 4.59. The second-order valence-corrected chi connectivity index (χ2v) is 6.08. The normalized spacial score (nSPS) is 14.9. The Balaban J connectivity index is 2.36. The summed E-state index contributed by atoms with van der Waals surface area (Å²) in [4.78, 5) is 18.0. The van der Waals surface area contributed by atoms with Crippen molar-refractivity contribution in [2.75, 3.05) is 6.54 Å². The largest absolute Gasteiger partial charge is 0.329 e. The molecule has 18 heavy (non-hydrogen) atoms. The van der Waals surface area contributed by atoms with Crippen LogP contribution < -0.4 is 11.3 Å². The first-order valence-corrected chi connectivity index (χ1v) is 7.42. The molecule has 0 amide bonds. The zero-order chi connectivity index (χ0) is 12.7. The average molecular weight is 281 g/mol. The van der Waals surface area contributed by atoms with Crippen molar-refractivity contribution in [3.05, 3.63) is 25.6 Å². The summed E-state index contributed by atoms with van der Waals surface area (Å²) in [5.41, 5.74) is 6.80. The molecule has 0 aromatic carbocycles. The fourth-order valence-corrected chi connectivity index (χ4v) is 4.23. The summed E-state index contributed by atoms with van der Waals surface area (Å²) in [6.07, 6.45) is 4.49. The van der Waals surface area contributed by atoms with Crippen molar-refractivity contribution in [1.82, 2.24) is 9.55 Å². The topological polar surface area (TPSA) is 63.8 Å². The molecule has 0 aliphatic heterocycles. The molecule has 1 aliphatic rings. The van der Waals surface area contributed by atoms with Crippen LogP contribution in [0.4, 0.5) is 0 Å². The highest BCUT2D eigenvalue weighted by atomic mass is 32.1. The number of aromatic nitrogens is 2. The van der Waals surface area contributed by atoms with Gasteiger partial charge in [0.15, 0.2) is 4.77 Å². The summed E-state index contributed by atoms with van der Waals surface area (Å²) < 4.78 is 2.07. The maximum atomic E-state index is 12.5. The van der Waals surface area contributed by atoms with Crippen LogP contribution in [0.5, 0.6) is 0 Å². The number of hydrogen-bond donors (Lipinski definition) is 2. The lowest BCUT2D eigenvalue weighted by atomic mass is 9.97. The molecule has 0 fully saturated rings. The summed E-state index contributed by atoms with van der Waals surface area (Å²) in [5, 5.41) is 0.844. The van der Waals surface area contributed by atoms with Gasteiger partial charge in [0, 0.05) is 18.0 Å². The van der Waals surface area contributed by atoms with E-state index in [1.807, 2.05) is 0 Å². The molecule has 4 nitrogen and oxygen atoms in total. The minimum atomic E-state index is 0.0265. The van der Waals surface area contributed by atoms with Crippen LogP contribution >= 0.6 is 23.6 Å². The number of nitrogens with two attached hydrogens (primary N) is 1. The van der Waals surface area contributed by atoms with E-state index in [1.54, 1.807) is 15.9 Å². The van der Waals surface area contributed by atoms with Gasteiger partial charge in [-0.15, -0.1) is 11.3 Å². The van der Waals surface area contributed by atoms with Crippen molar-refractivity contribution in [3.8, 4) is 0 Å². The molecule has 6 heteroatoms. The number of fused-ring (bicyclic) bond motifs is 3. The van der Waals surface area contributed by atoms with E-state index in [2.05, 4.69) is 4.98 Å². The third-order valence-corrected chi connectivity index (χ3v) is 4.98. The van der Waals surface area contributed by atoms with Gasteiger partial charge >= 0.3 is 0 Å². The van der Waals surface area contributed by atoms with Crippen LogP contribution in [0.15, 0.2) is 4.79 Å². The van der Waals surface area contributed by atoms with Crippen LogP contribution in [0, 0.1) is 4.77 Å². The predicted molar refractivity (Wildman–Crippen MR) is 77.0 cm³/mol. The van der Waals surface area contributed by atoms with Gasteiger partial charge in [-0.3, -0.25) is 9.36 Å². The van der Waals surface area contributed by atoms with Gasteiger partial charge in [-0.25, -0.2) is 0 Å². The molecule has 1 aliphatic carbocycles. The Labute approximate surface area is 113 Å². The van der Waals surface area contributed by atoms with E-state index in [4.69, 9.17) is 18.0 Å². The molecule has 2 heterocycles. The van der Waals surface area contributed by atoms with Gasteiger partial charge in [0.1, 0.15) is 4.83 Å². The van der Waals surface area contributed by atoms with E-state index in [-0.39, 0.29) is 5.56 Å². The Morgan fingerprint density at radius 3 is 2.94 bits per heavy atom. The molecular formula is C12H15N3OS2. The number of thiophene rings is 1. The molecule has 2 aromatic rings. The molecule has 3 rings (SSSR count). The van der Waals surface area contributed by atoms with E-state index in [1.165, 1.54) is 23.3 Å². The minimum Gasteiger partial charge on any atom is -0.329 e. The summed E-state index contributed by atoms with van der Waals surface area (Å²) in [7, 11) is 0. The van der Waals surface area contributed by atoms with Crippen molar-refractivity contribution in [1.29, 1.82) is 0 Å². The first kappa shape index (κ1) is 12.1. The van der Waals surface area contributed by atoms with Gasteiger partial charge in [-0.05, 0) is 43.5 Å². The molecule has 0 atom stereocenters. The molecule has 0 saturated heterocycles. The van der Waals surface area contributed by atoms with Crippen molar-refractivity contribution in [2.24, 2.45) is 5.73 Å². The number of nitrogens with one attached hydrogen (secondary N) is 1. The molecule has 0 radical (unpaired) electrons. The highest BCUT2D eigenvalue weighted by molar-refractivity contribution is 7.71. The summed E-state index contributed by atoms with van der Waals surface area (Å²) in [5.74, 6) is 0. The first-order valence-electron chi connectivity index (χ1n) is 6.20. The Hall–Kier alpha value is -0.980. The van der Waals surface area contributed by atoms with Crippen LogP contribution in [-0.2, 0) is 19.4 Å². The predicted octanol–water partition coefficient (Wildman–Crippen LogP) is 1.96. The summed E-state index contributed by atoms with van der Waals surface area (Å²) in [6.45, 7) is 0.907. The lowest BCUT2D eigenvalue weighted by Gasteiger charge is -2.10. The van der Waals surface area contributed by atoms with E-state index < -0.39 is 0 Å². The SMILES string of the molecule is NCCn1c(=S)[nH]c2sc3c(c2c1=O)CCCC3. The number of aryl methyl sites for hydroxylation is 2. The molecule has 96 valence electrons. The highest BCUT2D eigenvalue weighted by Gasteiger charge is 2.19. The lowest BCUT2D eigenvalue weighted by Crippen LogP contribution is -2.26. The fourth-order valence-electron chi connectivity index (χ4n) is 2.60. The zero-order valence-electron chi connectivity index (χ0n) is 9.99. The molecule has 0 saturated carbocycles. The van der Waals surface area contributed by atoms with E-state index >= 15 is 0 Å². The van der Waals surface area contributed by atoms with Gasteiger partial charge < -0.3 is 10.7 Å². The second kappa shape index (κ2) is 4.60. The lowest BCUT2D eigenvalue weighted by molar-refractivity contribution is 0.661. The quantitative estimate of drug-likeness (QED) is 0.827. The summed E-state index contributed by atoms with van der Waals surface area (Å²) in [6, 6.07) is 0. The standard InChI is InChI=1S/C12H15N3OS2/c13-5-6-15-11(16)9-7-3-1-2-4-8(7)18-10(9)14-12(15)17/h1-6,13H2,(H,14,17). The molecule has 3 N–H and O–H groups in total. The number of H-pyrrole nitrogens is 1. The molecule has 0 bridgehead atoms. The van der Waals surface area contributed by atoms with Crippen LogP contribution in [0.3, 0.4) is 0 Å². The van der Waals surface area contributed by atoms with Crippen LogP contribution in [0.2, 0.25) is 0 Å². The number of rotatable bonds is 2. The minimum absolute atomic E-state index is 0.0265. The van der Waals surface area contributed by atoms with Crippen molar-refractivity contribution >= 4 is 33.8 Å². The third-order valence-electron chi connectivity index (χ3n) is 3.45. The van der Waals surface area contributed by atoms with Gasteiger partial charge in [-0.2, -0.15) is 0 Å². The van der Waals surface area contributed by atoms with Gasteiger partial charge in [0.25, 0.3) is 5.56 Å². The van der Waals surface area contributed by atoms with Crippen LogP contribution in [0.25, 0.3) is 10.2 Å². The Morgan fingerprint density at radius 1 is 1.39 bits per heavy atom. The Kier molecular flexibility index (Phi) is 3.09. The smallest absolute Gasteiger partial charge is 0.263 e. The Bertz CT molecular complexity index is 710. The molecular weight excluding hydrogens is 266 g/mol. The average Bonchev–Trinajstić information content (AvgIpc) is 2.72. The number of hydrogen-bond acceptors (Lipinski definition) is 4. The van der Waals surface area contributed by atoms with Crippen molar-refractivity contribution < 1.29 is 0 Å². The van der Waals surface area contributed by atoms with Crippen molar-refractivity contribution in [2.45, 2.75) is 32.2 Å². The van der Waals surface area contributed by atoms with E-state index in [9.17, 15) is 4.79 Å². The highest BCUT2D eigenvalue weighted by Crippen LogP contribution is 2.33. The fraction of sp³-hybridized carbons (Fsp3) is 0.500. The molecule has 0 unspecified atom stereocenters. The third kappa shape index (κ3) is 1.75. The maximum absolute atomic E-state index is 12.5.